The quantitative estimate of drug-likeness (QED) is 0.741. The lowest BCUT2D eigenvalue weighted by atomic mass is 9.97. The van der Waals surface area contributed by atoms with E-state index >= 15 is 0 Å². The molecule has 0 heterocycles. The lowest BCUT2D eigenvalue weighted by Crippen LogP contribution is -2.19. The maximum Gasteiger partial charge on any atom is 0.306 e. The fraction of sp³-hybridized carbons (Fsp3) is 0.533. The van der Waals surface area contributed by atoms with E-state index in [9.17, 15) is 9.90 Å². The summed E-state index contributed by atoms with van der Waals surface area (Å²) in [5.74, 6) is -0.712. The van der Waals surface area contributed by atoms with E-state index < -0.39 is 11.9 Å². The van der Waals surface area contributed by atoms with Gasteiger partial charge in [0, 0.05) is 18.2 Å². The Labute approximate surface area is 119 Å². The number of carbonyl (C=O) groups is 1. The van der Waals surface area contributed by atoms with E-state index in [4.69, 9.17) is 16.3 Å². The summed E-state index contributed by atoms with van der Waals surface area (Å²) in [5, 5.41) is 9.88. The molecule has 1 N–H and O–H groups in total. The highest BCUT2D eigenvalue weighted by atomic mass is 35.5. The van der Waals surface area contributed by atoms with E-state index in [1.807, 2.05) is 12.1 Å². The molecule has 0 saturated carbocycles. The molecule has 106 valence electrons. The Bertz CT molecular complexity index is 387. The molecular formula is C15H21ClO3. The van der Waals surface area contributed by atoms with E-state index in [0.717, 1.165) is 5.56 Å². The molecule has 0 saturated heterocycles. The van der Waals surface area contributed by atoms with Crippen LogP contribution >= 0.6 is 11.6 Å². The minimum absolute atomic E-state index is 0.409. The second kappa shape index (κ2) is 8.18. The van der Waals surface area contributed by atoms with Crippen molar-refractivity contribution in [3.63, 3.8) is 0 Å². The lowest BCUT2D eigenvalue weighted by molar-refractivity contribution is -0.142. The zero-order valence-corrected chi connectivity index (χ0v) is 12.2. The second-order valence-electron chi connectivity index (χ2n) is 5.12. The summed E-state index contributed by atoms with van der Waals surface area (Å²) in [4.78, 5) is 11.2. The first-order chi connectivity index (χ1) is 8.99. The Hall–Kier alpha value is -1.06. The van der Waals surface area contributed by atoms with E-state index in [0.29, 0.717) is 37.0 Å². The molecule has 1 aromatic rings. The summed E-state index contributed by atoms with van der Waals surface area (Å²) in [7, 11) is 0. The maximum atomic E-state index is 11.2. The van der Waals surface area contributed by atoms with Gasteiger partial charge in [-0.05, 0) is 36.5 Å². The predicted molar refractivity (Wildman–Crippen MR) is 76.6 cm³/mol. The highest BCUT2D eigenvalue weighted by Crippen LogP contribution is 2.16. The molecule has 4 heteroatoms. The summed E-state index contributed by atoms with van der Waals surface area (Å²) in [6.07, 6.45) is 1.04. The number of carboxylic acids is 1. The number of aliphatic carboxylic acids is 1. The molecule has 19 heavy (non-hydrogen) atoms. The van der Waals surface area contributed by atoms with Crippen molar-refractivity contribution in [2.24, 2.45) is 11.8 Å². The first-order valence-corrected chi connectivity index (χ1v) is 6.92. The molecule has 1 rings (SSSR count). The van der Waals surface area contributed by atoms with Crippen molar-refractivity contribution in [2.45, 2.75) is 26.7 Å². The monoisotopic (exact) mass is 284 g/mol. The average molecular weight is 285 g/mol. The van der Waals surface area contributed by atoms with Gasteiger partial charge in [-0.3, -0.25) is 4.79 Å². The first kappa shape index (κ1) is 16.0. The molecule has 0 amide bonds. The predicted octanol–water partition coefficient (Wildman–Crippen LogP) is 3.65. The number of carboxylic acid groups (broad SMARTS) is 1. The van der Waals surface area contributed by atoms with Crippen LogP contribution in [-0.2, 0) is 16.0 Å². The molecule has 0 aliphatic rings. The number of halogens is 1. The summed E-state index contributed by atoms with van der Waals surface area (Å²) in [5.41, 5.74) is 0.987. The zero-order valence-electron chi connectivity index (χ0n) is 11.4. The van der Waals surface area contributed by atoms with E-state index in [1.165, 1.54) is 0 Å². The van der Waals surface area contributed by atoms with Gasteiger partial charge in [0.1, 0.15) is 0 Å². The first-order valence-electron chi connectivity index (χ1n) is 6.54. The second-order valence-corrected chi connectivity index (χ2v) is 5.56. The SMILES string of the molecule is CC(C)COCCC(Cc1ccc(Cl)cc1)C(=O)O. The van der Waals surface area contributed by atoms with Crippen molar-refractivity contribution in [1.82, 2.24) is 0 Å². The van der Waals surface area contributed by atoms with Gasteiger partial charge in [0.15, 0.2) is 0 Å². The molecule has 1 atom stereocenters. The van der Waals surface area contributed by atoms with Gasteiger partial charge in [-0.25, -0.2) is 0 Å². The van der Waals surface area contributed by atoms with Crippen LogP contribution in [0.15, 0.2) is 24.3 Å². The Morgan fingerprint density at radius 2 is 1.95 bits per heavy atom. The van der Waals surface area contributed by atoms with E-state index in [2.05, 4.69) is 13.8 Å². The molecule has 0 radical (unpaired) electrons. The molecule has 0 spiro atoms. The Morgan fingerprint density at radius 3 is 2.47 bits per heavy atom. The summed E-state index contributed by atoms with van der Waals surface area (Å²) >= 11 is 5.81. The average Bonchev–Trinajstić information content (AvgIpc) is 2.35. The Morgan fingerprint density at radius 1 is 1.32 bits per heavy atom. The topological polar surface area (TPSA) is 46.5 Å². The molecule has 3 nitrogen and oxygen atoms in total. The fourth-order valence-corrected chi connectivity index (χ4v) is 1.89. The van der Waals surface area contributed by atoms with E-state index in [-0.39, 0.29) is 0 Å². The summed E-state index contributed by atoms with van der Waals surface area (Å²) in [6.45, 7) is 5.31. The fourth-order valence-electron chi connectivity index (χ4n) is 1.76. The third-order valence-corrected chi connectivity index (χ3v) is 3.06. The molecule has 1 aromatic carbocycles. The van der Waals surface area contributed by atoms with Gasteiger partial charge in [-0.2, -0.15) is 0 Å². The van der Waals surface area contributed by atoms with Crippen LogP contribution < -0.4 is 0 Å². The summed E-state index contributed by atoms with van der Waals surface area (Å²) in [6, 6.07) is 7.30. The normalized spacial score (nSPS) is 12.6. The molecule has 0 fully saturated rings. The molecular weight excluding hydrogens is 264 g/mol. The molecule has 0 aromatic heterocycles. The standard InChI is InChI=1S/C15H21ClO3/c1-11(2)10-19-8-7-13(15(17)18)9-12-3-5-14(16)6-4-12/h3-6,11,13H,7-10H2,1-2H3,(H,17,18). The van der Waals surface area contributed by atoms with Gasteiger partial charge in [0.2, 0.25) is 0 Å². The maximum absolute atomic E-state index is 11.2. The van der Waals surface area contributed by atoms with Gasteiger partial charge < -0.3 is 9.84 Å². The molecule has 0 aliphatic carbocycles. The van der Waals surface area contributed by atoms with Crippen LogP contribution in [0, 0.1) is 11.8 Å². The van der Waals surface area contributed by atoms with Crippen LogP contribution in [0.4, 0.5) is 0 Å². The van der Waals surface area contributed by atoms with Gasteiger partial charge in [-0.15, -0.1) is 0 Å². The lowest BCUT2D eigenvalue weighted by Gasteiger charge is -2.13. The Balaban J connectivity index is 2.44. The smallest absolute Gasteiger partial charge is 0.306 e. The van der Waals surface area contributed by atoms with Gasteiger partial charge in [-0.1, -0.05) is 37.6 Å². The van der Waals surface area contributed by atoms with Gasteiger partial charge in [0.05, 0.1) is 5.92 Å². The van der Waals surface area contributed by atoms with Crippen molar-refractivity contribution >= 4 is 17.6 Å². The van der Waals surface area contributed by atoms with Crippen molar-refractivity contribution in [2.75, 3.05) is 13.2 Å². The number of hydrogen-bond acceptors (Lipinski definition) is 2. The van der Waals surface area contributed by atoms with Crippen LogP contribution in [0.25, 0.3) is 0 Å². The Kier molecular flexibility index (Phi) is 6.89. The molecule has 1 unspecified atom stereocenters. The zero-order chi connectivity index (χ0) is 14.3. The van der Waals surface area contributed by atoms with Crippen LogP contribution in [-0.4, -0.2) is 24.3 Å². The van der Waals surface area contributed by atoms with Crippen LogP contribution in [0.2, 0.25) is 5.02 Å². The highest BCUT2D eigenvalue weighted by Gasteiger charge is 2.17. The third kappa shape index (κ3) is 6.60. The van der Waals surface area contributed by atoms with Crippen LogP contribution in [0.3, 0.4) is 0 Å². The van der Waals surface area contributed by atoms with Crippen molar-refractivity contribution in [3.8, 4) is 0 Å². The summed E-state index contributed by atoms with van der Waals surface area (Å²) < 4.78 is 5.45. The van der Waals surface area contributed by atoms with Crippen molar-refractivity contribution < 1.29 is 14.6 Å². The van der Waals surface area contributed by atoms with E-state index in [1.54, 1.807) is 12.1 Å². The third-order valence-electron chi connectivity index (χ3n) is 2.81. The molecule has 0 bridgehead atoms. The number of ether oxygens (including phenoxy) is 1. The van der Waals surface area contributed by atoms with Gasteiger partial charge in [0.25, 0.3) is 0 Å². The number of benzene rings is 1. The van der Waals surface area contributed by atoms with Crippen molar-refractivity contribution in [1.29, 1.82) is 0 Å². The minimum Gasteiger partial charge on any atom is -0.481 e. The minimum atomic E-state index is -0.775. The van der Waals surface area contributed by atoms with Crippen molar-refractivity contribution in [3.05, 3.63) is 34.9 Å². The van der Waals surface area contributed by atoms with Gasteiger partial charge >= 0.3 is 5.97 Å². The molecule has 0 aliphatic heterocycles. The van der Waals surface area contributed by atoms with Crippen LogP contribution in [0.1, 0.15) is 25.8 Å². The van der Waals surface area contributed by atoms with Crippen LogP contribution in [0.5, 0.6) is 0 Å². The number of rotatable bonds is 8. The largest absolute Gasteiger partial charge is 0.481 e. The highest BCUT2D eigenvalue weighted by molar-refractivity contribution is 6.30. The number of hydrogen-bond donors (Lipinski definition) is 1.